The van der Waals surface area contributed by atoms with E-state index in [1.54, 1.807) is 0 Å². The largest absolute Gasteiger partial charge is 0.394 e. The number of amides is 2. The normalized spacial score (nSPS) is 39.7. The molecule has 32 heavy (non-hydrogen) atoms. The van der Waals surface area contributed by atoms with Crippen molar-refractivity contribution in [2.45, 2.75) is 86.9 Å². The summed E-state index contributed by atoms with van der Waals surface area (Å²) in [6.45, 7) is 4.94. The van der Waals surface area contributed by atoms with Gasteiger partial charge in [0.15, 0.2) is 0 Å². The van der Waals surface area contributed by atoms with Crippen LogP contribution in [0.1, 0.15) is 44.9 Å². The Hall–Kier alpha value is -0.680. The Morgan fingerprint density at radius 1 is 1.06 bits per heavy atom. The molecule has 4 rings (SSSR count). The number of nitrogens with zero attached hydrogens (tertiary/aromatic N) is 2. The Kier molecular flexibility index (Phi) is 8.89. The highest BCUT2D eigenvalue weighted by molar-refractivity contribution is 6.20. The molecule has 4 fully saturated rings. The van der Waals surface area contributed by atoms with Crippen LogP contribution in [-0.4, -0.2) is 114 Å². The molecule has 9 nitrogen and oxygen atoms in total. The van der Waals surface area contributed by atoms with Crippen molar-refractivity contribution in [3.8, 4) is 0 Å². The summed E-state index contributed by atoms with van der Waals surface area (Å²) < 4.78 is 5.96. The van der Waals surface area contributed by atoms with Gasteiger partial charge in [0.25, 0.3) is 0 Å². The van der Waals surface area contributed by atoms with Crippen LogP contribution in [0.4, 0.5) is 4.79 Å². The number of carbonyl (C=O) groups is 1. The van der Waals surface area contributed by atoms with E-state index in [2.05, 4.69) is 25.8 Å². The third-order valence-corrected chi connectivity index (χ3v) is 8.08. The molecule has 10 heteroatoms. The van der Waals surface area contributed by atoms with Crippen molar-refractivity contribution in [1.29, 1.82) is 0 Å². The average Bonchev–Trinajstić information content (AvgIpc) is 3.13. The summed E-state index contributed by atoms with van der Waals surface area (Å²) in [6.07, 6.45) is 6.48. The highest BCUT2D eigenvalue weighted by Crippen LogP contribution is 2.27. The van der Waals surface area contributed by atoms with E-state index < -0.39 is 12.2 Å². The quantitative estimate of drug-likeness (QED) is 0.316. The first kappa shape index (κ1) is 24.4. The van der Waals surface area contributed by atoms with Crippen LogP contribution in [0.5, 0.6) is 0 Å². The van der Waals surface area contributed by atoms with Crippen LogP contribution < -0.4 is 16.0 Å². The van der Waals surface area contributed by atoms with Crippen LogP contribution in [-0.2, 0) is 4.74 Å². The number of nitrogens with two attached hydrogens (primary N) is 1. The molecule has 0 radical (unpaired) electrons. The fourth-order valence-electron chi connectivity index (χ4n) is 5.91. The number of ether oxygens (including phenoxy) is 1. The lowest BCUT2D eigenvalue weighted by molar-refractivity contribution is -0.717. The number of hydrogen-bond acceptors (Lipinski definition) is 6. The van der Waals surface area contributed by atoms with Crippen LogP contribution in [0.25, 0.3) is 0 Å². The Labute approximate surface area is 196 Å². The van der Waals surface area contributed by atoms with Crippen molar-refractivity contribution < 1.29 is 25.1 Å². The van der Waals surface area contributed by atoms with Gasteiger partial charge in [0.05, 0.1) is 25.3 Å². The highest BCUT2D eigenvalue weighted by atomic mass is 35.5. The molecule has 1 saturated carbocycles. The van der Waals surface area contributed by atoms with Gasteiger partial charge in [-0.3, -0.25) is 9.80 Å². The van der Waals surface area contributed by atoms with Gasteiger partial charge < -0.3 is 30.9 Å². The van der Waals surface area contributed by atoms with Gasteiger partial charge in [0, 0.05) is 50.6 Å². The lowest BCUT2D eigenvalue weighted by Gasteiger charge is -2.42. The number of carbonyl (C=O) groups excluding carboxylic acids is 1. The summed E-state index contributed by atoms with van der Waals surface area (Å²) in [5.41, 5.74) is 0. The van der Waals surface area contributed by atoms with Gasteiger partial charge in [-0.15, -0.1) is 11.6 Å². The number of urea groups is 1. The van der Waals surface area contributed by atoms with Crippen molar-refractivity contribution in [3.05, 3.63) is 0 Å². The van der Waals surface area contributed by atoms with Crippen molar-refractivity contribution in [3.63, 3.8) is 0 Å². The third kappa shape index (κ3) is 6.05. The van der Waals surface area contributed by atoms with Gasteiger partial charge in [0.1, 0.15) is 18.4 Å². The Morgan fingerprint density at radius 2 is 1.84 bits per heavy atom. The maximum Gasteiger partial charge on any atom is 0.315 e. The molecule has 0 aromatic rings. The first-order valence-corrected chi connectivity index (χ1v) is 12.9. The molecule has 0 spiro atoms. The maximum atomic E-state index is 12.5. The Balaban J connectivity index is 1.28. The van der Waals surface area contributed by atoms with Gasteiger partial charge in [-0.2, -0.15) is 0 Å². The number of quaternary nitrogens is 1. The number of nitrogens with one attached hydrogen (secondary N) is 2. The van der Waals surface area contributed by atoms with Crippen molar-refractivity contribution in [2.75, 3.05) is 45.9 Å². The molecule has 3 saturated heterocycles. The molecule has 3 heterocycles. The van der Waals surface area contributed by atoms with E-state index in [4.69, 9.17) is 16.3 Å². The lowest BCUT2D eigenvalue weighted by Crippen LogP contribution is -2.95. The number of halogens is 1. The maximum absolute atomic E-state index is 12.5. The molecule has 3 unspecified atom stereocenters. The number of hydrogen-bond donors (Lipinski definition) is 5. The second-order valence-electron chi connectivity index (χ2n) is 9.85. The SMILES string of the molecule is O=C(NC[C@H]1O[C@@H](CO)[C@@H](O)[C@@H]1N1CCN(C2CCCC[NH2+]2)CC1)NC1CCCC(Cl)C1. The van der Waals surface area contributed by atoms with Gasteiger partial charge in [-0.25, -0.2) is 4.79 Å². The molecule has 0 aromatic heterocycles. The number of aliphatic hydroxyl groups excluding tert-OH is 2. The van der Waals surface area contributed by atoms with E-state index in [0.717, 1.165) is 51.9 Å². The zero-order valence-electron chi connectivity index (χ0n) is 19.0. The zero-order chi connectivity index (χ0) is 22.5. The monoisotopic (exact) mass is 474 g/mol. The fourth-order valence-corrected chi connectivity index (χ4v) is 6.28. The summed E-state index contributed by atoms with van der Waals surface area (Å²) in [6, 6.07) is -0.346. The fraction of sp³-hybridized carbons (Fsp3) is 0.955. The summed E-state index contributed by atoms with van der Waals surface area (Å²) >= 11 is 6.23. The second kappa shape index (κ2) is 11.6. The molecule has 6 N–H and O–H groups in total. The van der Waals surface area contributed by atoms with Crippen LogP contribution in [0.2, 0.25) is 0 Å². The van der Waals surface area contributed by atoms with Crippen molar-refractivity contribution in [2.24, 2.45) is 0 Å². The van der Waals surface area contributed by atoms with Crippen LogP contribution in [0.3, 0.4) is 0 Å². The molecule has 7 atom stereocenters. The van der Waals surface area contributed by atoms with E-state index in [0.29, 0.717) is 12.7 Å². The smallest absolute Gasteiger partial charge is 0.315 e. The van der Waals surface area contributed by atoms with Crippen LogP contribution >= 0.6 is 11.6 Å². The summed E-state index contributed by atoms with van der Waals surface area (Å²) in [5, 5.41) is 29.1. The first-order valence-electron chi connectivity index (χ1n) is 12.5. The first-order chi connectivity index (χ1) is 15.5. The highest BCUT2D eigenvalue weighted by Gasteiger charge is 2.47. The van der Waals surface area contributed by atoms with Crippen molar-refractivity contribution in [1.82, 2.24) is 20.4 Å². The number of aliphatic hydroxyl groups is 2. The third-order valence-electron chi connectivity index (χ3n) is 7.68. The summed E-state index contributed by atoms with van der Waals surface area (Å²) in [4.78, 5) is 17.3. The van der Waals surface area contributed by atoms with Gasteiger partial charge in [0.2, 0.25) is 0 Å². The number of piperazine rings is 1. The van der Waals surface area contributed by atoms with Gasteiger partial charge in [-0.1, -0.05) is 0 Å². The molecule has 1 aliphatic carbocycles. The number of rotatable bonds is 6. The van der Waals surface area contributed by atoms with E-state index in [1.165, 1.54) is 25.8 Å². The molecule has 2 amide bonds. The zero-order valence-corrected chi connectivity index (χ0v) is 19.8. The molecule has 0 bridgehead atoms. The van der Waals surface area contributed by atoms with E-state index in [1.807, 2.05) is 0 Å². The topological polar surface area (TPSA) is 114 Å². The minimum atomic E-state index is -0.766. The van der Waals surface area contributed by atoms with E-state index in [9.17, 15) is 15.0 Å². The molecular formula is C22H41ClN5O4+. The Bertz CT molecular complexity index is 603. The minimum absolute atomic E-state index is 0.104. The standard InChI is InChI=1S/C22H40ClN5O4/c23-15-4-3-5-16(12-15)26-22(31)25-13-17-20(21(30)18(14-29)32-17)28-10-8-27(9-11-28)19-6-1-2-7-24-19/h15-21,24,29-30H,1-14H2,(H2,25,26,31)/p+1/t15?,16?,17-,18+,19?,20-,21-/m1/s1. The summed E-state index contributed by atoms with van der Waals surface area (Å²) in [7, 11) is 0. The van der Waals surface area contributed by atoms with Crippen LogP contribution in [0.15, 0.2) is 0 Å². The number of piperidine rings is 1. The predicted molar refractivity (Wildman–Crippen MR) is 122 cm³/mol. The molecular weight excluding hydrogens is 434 g/mol. The molecule has 3 aliphatic heterocycles. The number of alkyl halides is 1. The van der Waals surface area contributed by atoms with E-state index >= 15 is 0 Å². The summed E-state index contributed by atoms with van der Waals surface area (Å²) in [5.74, 6) is 0. The average molecular weight is 475 g/mol. The van der Waals surface area contributed by atoms with Crippen molar-refractivity contribution >= 4 is 17.6 Å². The minimum Gasteiger partial charge on any atom is -0.394 e. The molecule has 0 aromatic carbocycles. The predicted octanol–water partition coefficient (Wildman–Crippen LogP) is -0.984. The van der Waals surface area contributed by atoms with E-state index in [-0.39, 0.29) is 36.2 Å². The Morgan fingerprint density at radius 3 is 2.53 bits per heavy atom. The lowest BCUT2D eigenvalue weighted by atomic mass is 9.95. The second-order valence-corrected chi connectivity index (χ2v) is 10.5. The van der Waals surface area contributed by atoms with Gasteiger partial charge in [-0.05, 0) is 38.5 Å². The van der Waals surface area contributed by atoms with Gasteiger partial charge >= 0.3 is 6.03 Å². The molecule has 184 valence electrons. The molecule has 4 aliphatic rings. The van der Waals surface area contributed by atoms with Crippen LogP contribution in [0, 0.1) is 0 Å².